The first kappa shape index (κ1) is 37.7. The van der Waals surface area contributed by atoms with Crippen LogP contribution in [0.25, 0.3) is 11.1 Å². The Morgan fingerprint density at radius 3 is 2.20 bits per heavy atom. The molecule has 0 aromatic heterocycles. The van der Waals surface area contributed by atoms with Gasteiger partial charge in [0.25, 0.3) is 0 Å². The molecule has 4 saturated carbocycles. The number of phenols is 1. The molecule has 9 nitrogen and oxygen atoms in total. The highest BCUT2D eigenvalue weighted by atomic mass is 16.7. The van der Waals surface area contributed by atoms with Gasteiger partial charge in [-0.2, -0.15) is 0 Å². The van der Waals surface area contributed by atoms with Gasteiger partial charge in [0.1, 0.15) is 5.75 Å². The summed E-state index contributed by atoms with van der Waals surface area (Å²) in [5, 5.41) is 37.2. The SMILES string of the molecule is CC1C(CN(C)CC(O)c2cccc(O)c2)OC(c2cccc(-c3cccc(CNC(=O)NC45CC6CC(CC(C6)C4)C5)c3)c2)OC1c1ccc(CO)cc1. The highest BCUT2D eigenvalue weighted by Gasteiger charge is 2.51. The third kappa shape index (κ3) is 8.61. The zero-order chi connectivity index (χ0) is 38.1. The van der Waals surface area contributed by atoms with Crippen molar-refractivity contribution in [3.8, 4) is 16.9 Å². The number of hydrogen-bond acceptors (Lipinski definition) is 7. The van der Waals surface area contributed by atoms with E-state index in [4.69, 9.17) is 9.47 Å². The average Bonchev–Trinajstić information content (AvgIpc) is 3.17. The number of likely N-dealkylation sites (N-methyl/N-ethyl adjacent to an activating group) is 1. The molecule has 5 fully saturated rings. The van der Waals surface area contributed by atoms with E-state index in [0.717, 1.165) is 70.4 Å². The van der Waals surface area contributed by atoms with Crippen LogP contribution in [0.3, 0.4) is 0 Å². The molecule has 1 saturated heterocycles. The molecule has 5 N–H and O–H groups in total. The molecule has 0 spiro atoms. The summed E-state index contributed by atoms with van der Waals surface area (Å²) in [6.45, 7) is 3.46. The van der Waals surface area contributed by atoms with E-state index >= 15 is 0 Å². The van der Waals surface area contributed by atoms with Crippen LogP contribution >= 0.6 is 0 Å². The number of aromatic hydroxyl groups is 1. The number of aliphatic hydroxyl groups excluding tert-OH is 2. The van der Waals surface area contributed by atoms with E-state index in [0.29, 0.717) is 25.2 Å². The van der Waals surface area contributed by atoms with Crippen LogP contribution < -0.4 is 10.6 Å². The topological polar surface area (TPSA) is 124 Å². The number of urea groups is 1. The molecular formula is C46H55N3O6. The van der Waals surface area contributed by atoms with Crippen LogP contribution in [0.15, 0.2) is 97.1 Å². The smallest absolute Gasteiger partial charge is 0.315 e. The van der Waals surface area contributed by atoms with Crippen molar-refractivity contribution in [1.29, 1.82) is 0 Å². The predicted molar refractivity (Wildman–Crippen MR) is 212 cm³/mol. The van der Waals surface area contributed by atoms with Crippen molar-refractivity contribution >= 4 is 6.03 Å². The van der Waals surface area contributed by atoms with Crippen molar-refractivity contribution < 1.29 is 29.6 Å². The molecule has 1 aliphatic heterocycles. The normalized spacial score (nSPS) is 28.9. The van der Waals surface area contributed by atoms with Gasteiger partial charge in [-0.3, -0.25) is 0 Å². The molecule has 9 rings (SSSR count). The summed E-state index contributed by atoms with van der Waals surface area (Å²) >= 11 is 0. The fourth-order valence-corrected chi connectivity index (χ4v) is 10.3. The lowest BCUT2D eigenvalue weighted by atomic mass is 9.53. The van der Waals surface area contributed by atoms with E-state index in [1.165, 1.54) is 19.3 Å². The van der Waals surface area contributed by atoms with Crippen molar-refractivity contribution in [2.75, 3.05) is 20.1 Å². The van der Waals surface area contributed by atoms with Crippen LogP contribution in [-0.4, -0.2) is 58.0 Å². The standard InChI is InChI=1S/C46H55N3O6/c1-29-42(27-49(2)26-41(52)38-9-5-11-40(51)21-38)54-44(55-43(29)35-14-12-30(28-50)13-15-35)39-10-4-8-37(20-39)36-7-3-6-31(19-36)25-47-45(53)48-46-22-32-16-33(23-46)18-34(17-32)24-46/h3-15,19-21,29,32-34,41-44,50-52H,16-18,22-28H2,1-2H3,(H2,47,48,53). The Morgan fingerprint density at radius 1 is 0.836 bits per heavy atom. The van der Waals surface area contributed by atoms with Crippen LogP contribution in [0.4, 0.5) is 4.79 Å². The minimum Gasteiger partial charge on any atom is -0.508 e. The number of amides is 2. The minimum absolute atomic E-state index is 0.0211. The van der Waals surface area contributed by atoms with Crippen LogP contribution in [0.2, 0.25) is 0 Å². The van der Waals surface area contributed by atoms with Crippen molar-refractivity contribution in [3.05, 3.63) is 125 Å². The fourth-order valence-electron chi connectivity index (χ4n) is 10.3. The molecule has 4 aromatic rings. The summed E-state index contributed by atoms with van der Waals surface area (Å²) in [7, 11) is 1.97. The van der Waals surface area contributed by atoms with Crippen molar-refractivity contribution in [1.82, 2.24) is 15.5 Å². The summed E-state index contributed by atoms with van der Waals surface area (Å²) in [6.07, 6.45) is 5.50. The van der Waals surface area contributed by atoms with Gasteiger partial charge in [-0.15, -0.1) is 0 Å². The van der Waals surface area contributed by atoms with E-state index in [9.17, 15) is 20.1 Å². The number of carbonyl (C=O) groups excluding carboxylic acids is 1. The number of carbonyl (C=O) groups is 1. The molecule has 1 heterocycles. The molecular weight excluding hydrogens is 691 g/mol. The zero-order valence-corrected chi connectivity index (χ0v) is 31.9. The van der Waals surface area contributed by atoms with Gasteiger partial charge in [-0.05, 0) is 121 Å². The first-order chi connectivity index (χ1) is 26.6. The third-order valence-corrected chi connectivity index (χ3v) is 12.6. The van der Waals surface area contributed by atoms with Crippen molar-refractivity contribution in [3.63, 3.8) is 0 Å². The quantitative estimate of drug-likeness (QED) is 0.100. The van der Waals surface area contributed by atoms with Crippen LogP contribution in [0.1, 0.15) is 91.8 Å². The second-order valence-electron chi connectivity index (χ2n) is 17.0. The van der Waals surface area contributed by atoms with Crippen LogP contribution in [-0.2, 0) is 22.6 Å². The third-order valence-electron chi connectivity index (χ3n) is 12.6. The Kier molecular flexibility index (Phi) is 11.0. The van der Waals surface area contributed by atoms with Gasteiger partial charge in [0.05, 0.1) is 24.9 Å². The Hall–Kier alpha value is -4.25. The van der Waals surface area contributed by atoms with Crippen LogP contribution in [0.5, 0.6) is 5.75 Å². The lowest BCUT2D eigenvalue weighted by molar-refractivity contribution is -0.276. The van der Waals surface area contributed by atoms with E-state index in [1.807, 2.05) is 55.6 Å². The maximum atomic E-state index is 13.2. The van der Waals surface area contributed by atoms with E-state index in [-0.39, 0.29) is 42.1 Å². The number of nitrogens with zero attached hydrogens (tertiary/aromatic N) is 1. The molecule has 5 aliphatic rings. The maximum Gasteiger partial charge on any atom is 0.315 e. The van der Waals surface area contributed by atoms with E-state index in [2.05, 4.69) is 52.8 Å². The summed E-state index contributed by atoms with van der Waals surface area (Å²) in [5.41, 5.74) is 6.48. The second-order valence-corrected chi connectivity index (χ2v) is 17.0. The minimum atomic E-state index is -0.774. The van der Waals surface area contributed by atoms with Gasteiger partial charge in [0, 0.05) is 36.7 Å². The van der Waals surface area contributed by atoms with Crippen molar-refractivity contribution in [2.24, 2.45) is 23.7 Å². The lowest BCUT2D eigenvalue weighted by Gasteiger charge is -2.56. The lowest BCUT2D eigenvalue weighted by Crippen LogP contribution is -2.61. The number of rotatable bonds is 12. The molecule has 4 aromatic carbocycles. The van der Waals surface area contributed by atoms with Gasteiger partial charge < -0.3 is 40.3 Å². The molecule has 9 heteroatoms. The molecule has 5 atom stereocenters. The maximum absolute atomic E-state index is 13.2. The number of nitrogens with one attached hydrogen (secondary N) is 2. The number of aliphatic hydroxyl groups is 2. The predicted octanol–water partition coefficient (Wildman–Crippen LogP) is 7.78. The number of phenolic OH excluding ortho intramolecular Hbond substituents is 1. The van der Waals surface area contributed by atoms with Gasteiger partial charge in [0.2, 0.25) is 0 Å². The number of benzene rings is 4. The monoisotopic (exact) mass is 745 g/mol. The van der Waals surface area contributed by atoms with Crippen molar-refractivity contribution in [2.45, 2.75) is 88.7 Å². The first-order valence-electron chi connectivity index (χ1n) is 20.0. The van der Waals surface area contributed by atoms with E-state index < -0.39 is 12.4 Å². The van der Waals surface area contributed by atoms with Gasteiger partial charge in [0.15, 0.2) is 6.29 Å². The fraction of sp³-hybridized carbons (Fsp3) is 0.457. The molecule has 55 heavy (non-hydrogen) atoms. The molecule has 4 bridgehead atoms. The van der Waals surface area contributed by atoms with E-state index in [1.54, 1.807) is 18.2 Å². The largest absolute Gasteiger partial charge is 0.508 e. The summed E-state index contributed by atoms with van der Waals surface area (Å²) in [4.78, 5) is 15.3. The molecule has 2 amide bonds. The molecule has 4 aliphatic carbocycles. The van der Waals surface area contributed by atoms with Crippen LogP contribution in [0, 0.1) is 23.7 Å². The Bertz CT molecular complexity index is 1910. The van der Waals surface area contributed by atoms with Gasteiger partial charge >= 0.3 is 6.03 Å². The van der Waals surface area contributed by atoms with Gasteiger partial charge in [-0.25, -0.2) is 4.79 Å². The zero-order valence-electron chi connectivity index (χ0n) is 31.9. The Balaban J connectivity index is 0.962. The van der Waals surface area contributed by atoms with Gasteiger partial charge in [-0.1, -0.05) is 79.7 Å². The molecule has 5 unspecified atom stereocenters. The average molecular weight is 746 g/mol. The molecule has 0 radical (unpaired) electrons. The highest BCUT2D eigenvalue weighted by molar-refractivity contribution is 5.75. The Morgan fingerprint density at radius 2 is 1.51 bits per heavy atom. The Labute approximate surface area is 324 Å². The highest BCUT2D eigenvalue weighted by Crippen LogP contribution is 2.55. The first-order valence-corrected chi connectivity index (χ1v) is 20.0. The summed E-state index contributed by atoms with van der Waals surface area (Å²) in [6, 6.07) is 31.1. The summed E-state index contributed by atoms with van der Waals surface area (Å²) < 4.78 is 13.5. The number of ether oxygens (including phenoxy) is 2. The second kappa shape index (κ2) is 16.1. The summed E-state index contributed by atoms with van der Waals surface area (Å²) in [5.74, 6) is 2.43. The number of hydrogen-bond donors (Lipinski definition) is 5. The molecule has 290 valence electrons.